The van der Waals surface area contributed by atoms with Crippen molar-refractivity contribution in [3.63, 3.8) is 0 Å². The molecule has 0 saturated carbocycles. The molecule has 0 bridgehead atoms. The summed E-state index contributed by atoms with van der Waals surface area (Å²) in [6.07, 6.45) is -1.17. The Hall–Kier alpha value is -2.86. The Balaban J connectivity index is 1.93. The van der Waals surface area contributed by atoms with Gasteiger partial charge in [-0.2, -0.15) is 0 Å². The van der Waals surface area contributed by atoms with Crippen LogP contribution >= 0.6 is 0 Å². The van der Waals surface area contributed by atoms with Gasteiger partial charge in [-0.25, -0.2) is 4.79 Å². The molecule has 28 heavy (non-hydrogen) atoms. The van der Waals surface area contributed by atoms with E-state index in [0.29, 0.717) is 6.54 Å². The van der Waals surface area contributed by atoms with Gasteiger partial charge in [0.05, 0.1) is 19.1 Å². The summed E-state index contributed by atoms with van der Waals surface area (Å²) < 4.78 is 10.3. The lowest BCUT2D eigenvalue weighted by Gasteiger charge is -2.23. The van der Waals surface area contributed by atoms with Gasteiger partial charge in [0.2, 0.25) is 0 Å². The van der Waals surface area contributed by atoms with Crippen molar-refractivity contribution in [2.75, 3.05) is 13.2 Å². The van der Waals surface area contributed by atoms with Crippen molar-refractivity contribution in [2.45, 2.75) is 39.0 Å². The number of esters is 1. The van der Waals surface area contributed by atoms with E-state index < -0.39 is 18.2 Å². The van der Waals surface area contributed by atoms with Gasteiger partial charge in [-0.3, -0.25) is 4.79 Å². The Bertz CT molecular complexity index is 720. The lowest BCUT2D eigenvalue weighted by molar-refractivity contribution is -0.145. The molecule has 6 nitrogen and oxygen atoms in total. The number of rotatable bonds is 10. The zero-order valence-corrected chi connectivity index (χ0v) is 16.1. The number of aliphatic hydroxyl groups is 1. The lowest BCUT2D eigenvalue weighted by Crippen LogP contribution is -2.34. The number of hydrogen-bond donors (Lipinski definition) is 1. The first-order valence-corrected chi connectivity index (χ1v) is 9.41. The van der Waals surface area contributed by atoms with Crippen LogP contribution in [0.1, 0.15) is 30.9 Å². The first-order valence-electron chi connectivity index (χ1n) is 9.41. The molecule has 0 aromatic heterocycles. The number of carbonyl (C=O) groups is 2. The number of hydrogen-bond acceptors (Lipinski definition) is 5. The van der Waals surface area contributed by atoms with E-state index in [1.807, 2.05) is 60.7 Å². The second-order valence-corrected chi connectivity index (χ2v) is 6.40. The number of amides is 1. The zero-order valence-electron chi connectivity index (χ0n) is 16.1. The Morgan fingerprint density at radius 2 is 1.57 bits per heavy atom. The molecule has 6 heteroatoms. The molecule has 0 aliphatic heterocycles. The maximum absolute atomic E-state index is 12.6. The van der Waals surface area contributed by atoms with Crippen LogP contribution in [0.3, 0.4) is 0 Å². The van der Waals surface area contributed by atoms with E-state index in [4.69, 9.17) is 9.47 Å². The van der Waals surface area contributed by atoms with E-state index in [9.17, 15) is 14.7 Å². The fourth-order valence-electron chi connectivity index (χ4n) is 2.67. The zero-order chi connectivity index (χ0) is 20.2. The topological polar surface area (TPSA) is 76.1 Å². The summed E-state index contributed by atoms with van der Waals surface area (Å²) in [5, 5.41) is 10.1. The van der Waals surface area contributed by atoms with Gasteiger partial charge < -0.3 is 19.5 Å². The third-order valence-electron chi connectivity index (χ3n) is 4.12. The smallest absolute Gasteiger partial charge is 0.410 e. The van der Waals surface area contributed by atoms with Crippen molar-refractivity contribution in [2.24, 2.45) is 0 Å². The average Bonchev–Trinajstić information content (AvgIpc) is 2.71. The molecule has 1 N–H and O–H groups in total. The molecule has 0 heterocycles. The van der Waals surface area contributed by atoms with Crippen molar-refractivity contribution in [3.05, 3.63) is 71.8 Å². The summed E-state index contributed by atoms with van der Waals surface area (Å²) in [6.45, 7) is 2.80. The van der Waals surface area contributed by atoms with Gasteiger partial charge in [0.15, 0.2) is 0 Å². The van der Waals surface area contributed by atoms with Crippen LogP contribution in [-0.2, 0) is 27.4 Å². The molecule has 0 fully saturated rings. The van der Waals surface area contributed by atoms with Crippen LogP contribution in [0.25, 0.3) is 0 Å². The third kappa shape index (κ3) is 7.80. The minimum Gasteiger partial charge on any atom is -0.466 e. The Morgan fingerprint density at radius 3 is 2.18 bits per heavy atom. The van der Waals surface area contributed by atoms with Crippen molar-refractivity contribution >= 4 is 12.1 Å². The van der Waals surface area contributed by atoms with E-state index in [0.717, 1.165) is 11.1 Å². The van der Waals surface area contributed by atoms with Crippen molar-refractivity contribution in [3.8, 4) is 0 Å². The van der Waals surface area contributed by atoms with E-state index >= 15 is 0 Å². The maximum atomic E-state index is 12.6. The molecule has 0 saturated heterocycles. The Morgan fingerprint density at radius 1 is 0.964 bits per heavy atom. The van der Waals surface area contributed by atoms with Gasteiger partial charge in [-0.15, -0.1) is 0 Å². The predicted molar refractivity (Wildman–Crippen MR) is 105 cm³/mol. The molecule has 0 radical (unpaired) electrons. The Kier molecular flexibility index (Phi) is 9.01. The van der Waals surface area contributed by atoms with Gasteiger partial charge in [0.25, 0.3) is 0 Å². The van der Waals surface area contributed by atoms with E-state index in [1.165, 1.54) is 4.90 Å². The van der Waals surface area contributed by atoms with Gasteiger partial charge in [0, 0.05) is 13.1 Å². The number of ether oxygens (including phenoxy) is 2. The fraction of sp³-hybridized carbons (Fsp3) is 0.364. The highest BCUT2D eigenvalue weighted by molar-refractivity contribution is 5.70. The summed E-state index contributed by atoms with van der Waals surface area (Å²) >= 11 is 0. The standard InChI is InChI=1S/C22H27NO5/c1-2-27-21(25)15-20(24)13-14-23(16-18-9-5-3-6-10-18)22(26)28-17-19-11-7-4-8-12-19/h3-12,20,24H,2,13-17H2,1H3/t20-/m1/s1. The first kappa shape index (κ1) is 21.4. The van der Waals surface area contributed by atoms with Crippen molar-refractivity contribution < 1.29 is 24.2 Å². The lowest BCUT2D eigenvalue weighted by atomic mass is 10.1. The molecule has 0 unspecified atom stereocenters. The minimum atomic E-state index is -0.876. The van der Waals surface area contributed by atoms with Crippen LogP contribution in [0.2, 0.25) is 0 Å². The van der Waals surface area contributed by atoms with Crippen LogP contribution in [0.5, 0.6) is 0 Å². The number of aliphatic hydroxyl groups excluding tert-OH is 1. The van der Waals surface area contributed by atoms with Crippen LogP contribution in [0.15, 0.2) is 60.7 Å². The van der Waals surface area contributed by atoms with Gasteiger partial charge in [-0.05, 0) is 24.5 Å². The second kappa shape index (κ2) is 11.8. The van der Waals surface area contributed by atoms with E-state index in [2.05, 4.69) is 0 Å². The highest BCUT2D eigenvalue weighted by atomic mass is 16.6. The Labute approximate surface area is 165 Å². The van der Waals surface area contributed by atoms with Crippen LogP contribution in [0.4, 0.5) is 4.79 Å². The molecule has 1 atom stereocenters. The molecule has 2 rings (SSSR count). The maximum Gasteiger partial charge on any atom is 0.410 e. The van der Waals surface area contributed by atoms with Crippen LogP contribution in [-0.4, -0.2) is 41.3 Å². The molecule has 2 aromatic rings. The quantitative estimate of drug-likeness (QED) is 0.633. The van der Waals surface area contributed by atoms with Crippen LogP contribution in [0, 0.1) is 0 Å². The van der Waals surface area contributed by atoms with Crippen LogP contribution < -0.4 is 0 Å². The molecule has 0 spiro atoms. The van der Waals surface area contributed by atoms with Gasteiger partial charge in [0.1, 0.15) is 6.61 Å². The summed E-state index contributed by atoms with van der Waals surface area (Å²) in [4.78, 5) is 25.6. The van der Waals surface area contributed by atoms with Gasteiger partial charge in [-0.1, -0.05) is 60.7 Å². The minimum absolute atomic E-state index is 0.0912. The predicted octanol–water partition coefficient (Wildman–Crippen LogP) is 3.53. The summed E-state index contributed by atoms with van der Waals surface area (Å²) in [5.41, 5.74) is 1.86. The summed E-state index contributed by atoms with van der Waals surface area (Å²) in [5.74, 6) is -0.448. The highest BCUT2D eigenvalue weighted by Gasteiger charge is 2.19. The SMILES string of the molecule is CCOC(=O)C[C@H](O)CCN(Cc1ccccc1)C(=O)OCc1ccccc1. The number of carbonyl (C=O) groups excluding carboxylic acids is 2. The molecular formula is C22H27NO5. The van der Waals surface area contributed by atoms with Crippen molar-refractivity contribution in [1.29, 1.82) is 0 Å². The number of benzene rings is 2. The third-order valence-corrected chi connectivity index (χ3v) is 4.12. The van der Waals surface area contributed by atoms with Crippen molar-refractivity contribution in [1.82, 2.24) is 4.90 Å². The largest absolute Gasteiger partial charge is 0.466 e. The summed E-state index contributed by atoms with van der Waals surface area (Å²) in [6, 6.07) is 19.0. The fourth-order valence-corrected chi connectivity index (χ4v) is 2.67. The normalized spacial score (nSPS) is 11.5. The second-order valence-electron chi connectivity index (χ2n) is 6.40. The monoisotopic (exact) mass is 385 g/mol. The molecule has 150 valence electrons. The molecule has 2 aromatic carbocycles. The average molecular weight is 385 g/mol. The van der Waals surface area contributed by atoms with Gasteiger partial charge >= 0.3 is 12.1 Å². The summed E-state index contributed by atoms with van der Waals surface area (Å²) in [7, 11) is 0. The molecule has 0 aliphatic rings. The van der Waals surface area contributed by atoms with E-state index in [-0.39, 0.29) is 32.6 Å². The first-order chi connectivity index (χ1) is 13.6. The van der Waals surface area contributed by atoms with E-state index in [1.54, 1.807) is 6.92 Å². The molecular weight excluding hydrogens is 358 g/mol. The highest BCUT2D eigenvalue weighted by Crippen LogP contribution is 2.11. The molecule has 0 aliphatic carbocycles. The number of nitrogens with zero attached hydrogens (tertiary/aromatic N) is 1. The molecule has 1 amide bonds.